The summed E-state index contributed by atoms with van der Waals surface area (Å²) in [5, 5.41) is 17.4. The molecule has 0 aromatic carbocycles. The quantitative estimate of drug-likeness (QED) is 0.132. The second-order valence-electron chi connectivity index (χ2n) is 8.61. The SMILES string of the molecule is CSCCC(NC(=O)C(N)CC(C)C)C(=O)NC(CCSC)C(=O)NC(CCCCN)C(=O)O. The standard InChI is InChI=1S/C22H43N5O5S2/c1-14(2)13-15(24)19(28)25-16(8-11-33-3)20(29)26-17(9-12-34-4)21(30)27-18(22(31)32)7-5-6-10-23/h14-18H,5-13,23-24H2,1-4H3,(H,25,28)(H,26,29)(H,27,30)(H,31,32). The summed E-state index contributed by atoms with van der Waals surface area (Å²) >= 11 is 3.04. The summed E-state index contributed by atoms with van der Waals surface area (Å²) in [6.45, 7) is 4.36. The highest BCUT2D eigenvalue weighted by molar-refractivity contribution is 7.98. The van der Waals surface area contributed by atoms with Crippen LogP contribution in [-0.4, -0.2) is 83.5 Å². The number of rotatable bonds is 19. The Bertz CT molecular complexity index is 639. The van der Waals surface area contributed by atoms with E-state index in [1.165, 1.54) is 23.5 Å². The third-order valence-electron chi connectivity index (χ3n) is 5.11. The Labute approximate surface area is 211 Å². The molecule has 34 heavy (non-hydrogen) atoms. The predicted octanol–water partition coefficient (Wildman–Crippen LogP) is 0.534. The Kier molecular flexibility index (Phi) is 18.0. The van der Waals surface area contributed by atoms with E-state index in [0.717, 1.165) is 0 Å². The maximum atomic E-state index is 13.0. The van der Waals surface area contributed by atoms with Gasteiger partial charge in [-0.2, -0.15) is 23.5 Å². The van der Waals surface area contributed by atoms with Crippen LogP contribution >= 0.6 is 23.5 Å². The average Bonchev–Trinajstić information content (AvgIpc) is 2.77. The minimum atomic E-state index is -1.13. The predicted molar refractivity (Wildman–Crippen MR) is 140 cm³/mol. The van der Waals surface area contributed by atoms with Crippen molar-refractivity contribution in [2.45, 2.75) is 76.5 Å². The second kappa shape index (κ2) is 18.8. The van der Waals surface area contributed by atoms with Crippen molar-refractivity contribution in [3.05, 3.63) is 0 Å². The number of carbonyl (C=O) groups excluding carboxylic acids is 3. The largest absolute Gasteiger partial charge is 0.480 e. The summed E-state index contributed by atoms with van der Waals surface area (Å²) < 4.78 is 0. The fraction of sp³-hybridized carbons (Fsp3) is 0.818. The zero-order chi connectivity index (χ0) is 26.1. The number of hydrogen-bond acceptors (Lipinski definition) is 8. The smallest absolute Gasteiger partial charge is 0.326 e. The van der Waals surface area contributed by atoms with E-state index in [0.29, 0.717) is 50.2 Å². The first-order valence-corrected chi connectivity index (χ1v) is 14.4. The van der Waals surface area contributed by atoms with Crippen molar-refractivity contribution in [2.24, 2.45) is 17.4 Å². The van der Waals surface area contributed by atoms with E-state index in [-0.39, 0.29) is 12.3 Å². The molecular weight excluding hydrogens is 478 g/mol. The van der Waals surface area contributed by atoms with Crippen LogP contribution in [0.1, 0.15) is 52.4 Å². The van der Waals surface area contributed by atoms with Gasteiger partial charge in [-0.25, -0.2) is 4.79 Å². The molecule has 3 amide bonds. The van der Waals surface area contributed by atoms with Crippen molar-refractivity contribution in [1.82, 2.24) is 16.0 Å². The van der Waals surface area contributed by atoms with Crippen LogP contribution in [0.15, 0.2) is 0 Å². The summed E-state index contributed by atoms with van der Waals surface area (Å²) in [6, 6.07) is -3.56. The van der Waals surface area contributed by atoms with Gasteiger partial charge in [0.05, 0.1) is 6.04 Å². The molecule has 0 aromatic rings. The van der Waals surface area contributed by atoms with Crippen LogP contribution in [0.25, 0.3) is 0 Å². The molecule has 0 heterocycles. The normalized spacial score (nSPS) is 14.7. The summed E-state index contributed by atoms with van der Waals surface area (Å²) in [4.78, 5) is 50.0. The van der Waals surface area contributed by atoms with Gasteiger partial charge in [-0.05, 0) is 75.0 Å². The highest BCUT2D eigenvalue weighted by Gasteiger charge is 2.30. The van der Waals surface area contributed by atoms with Gasteiger partial charge in [0, 0.05) is 0 Å². The molecule has 0 aromatic heterocycles. The Hall–Kier alpha value is -1.50. The maximum Gasteiger partial charge on any atom is 0.326 e. The van der Waals surface area contributed by atoms with Crippen molar-refractivity contribution in [3.63, 3.8) is 0 Å². The van der Waals surface area contributed by atoms with E-state index in [4.69, 9.17) is 11.5 Å². The lowest BCUT2D eigenvalue weighted by atomic mass is 10.0. The van der Waals surface area contributed by atoms with Crippen LogP contribution < -0.4 is 27.4 Å². The molecule has 198 valence electrons. The van der Waals surface area contributed by atoms with Gasteiger partial charge >= 0.3 is 5.97 Å². The number of carboxylic acids is 1. The lowest BCUT2D eigenvalue weighted by Crippen LogP contribution is -2.57. The molecular formula is C22H43N5O5S2. The first-order chi connectivity index (χ1) is 16.1. The molecule has 0 aliphatic rings. The van der Waals surface area contributed by atoms with Crippen molar-refractivity contribution < 1.29 is 24.3 Å². The number of hydrogen-bond donors (Lipinski definition) is 6. The zero-order valence-corrected chi connectivity index (χ0v) is 22.4. The van der Waals surface area contributed by atoms with Gasteiger partial charge < -0.3 is 32.5 Å². The average molecular weight is 522 g/mol. The maximum absolute atomic E-state index is 13.0. The number of aliphatic carboxylic acids is 1. The van der Waals surface area contributed by atoms with Crippen molar-refractivity contribution in [1.29, 1.82) is 0 Å². The highest BCUT2D eigenvalue weighted by Crippen LogP contribution is 2.08. The molecule has 12 heteroatoms. The Morgan fingerprint density at radius 1 is 0.794 bits per heavy atom. The second-order valence-corrected chi connectivity index (χ2v) is 10.6. The van der Waals surface area contributed by atoms with Crippen molar-refractivity contribution in [3.8, 4) is 0 Å². The fourth-order valence-electron chi connectivity index (χ4n) is 3.20. The van der Waals surface area contributed by atoms with E-state index in [1.54, 1.807) is 0 Å². The molecule has 0 radical (unpaired) electrons. The van der Waals surface area contributed by atoms with Gasteiger partial charge in [0.25, 0.3) is 0 Å². The first-order valence-electron chi connectivity index (χ1n) is 11.6. The molecule has 0 aliphatic carbocycles. The van der Waals surface area contributed by atoms with Crippen LogP contribution in [0.3, 0.4) is 0 Å². The fourth-order valence-corrected chi connectivity index (χ4v) is 4.14. The molecule has 0 aliphatic heterocycles. The van der Waals surface area contributed by atoms with Crippen LogP contribution in [0.5, 0.6) is 0 Å². The molecule has 10 nitrogen and oxygen atoms in total. The Morgan fingerprint density at radius 3 is 1.68 bits per heavy atom. The van der Waals surface area contributed by atoms with Crippen LogP contribution in [-0.2, 0) is 19.2 Å². The molecule has 0 rings (SSSR count). The summed E-state index contributed by atoms with van der Waals surface area (Å²) in [5.41, 5.74) is 11.4. The number of unbranched alkanes of at least 4 members (excludes halogenated alkanes) is 1. The van der Waals surface area contributed by atoms with E-state index in [1.807, 2.05) is 26.4 Å². The highest BCUT2D eigenvalue weighted by atomic mass is 32.2. The molecule has 8 N–H and O–H groups in total. The van der Waals surface area contributed by atoms with Gasteiger partial charge in [-0.1, -0.05) is 13.8 Å². The summed E-state index contributed by atoms with van der Waals surface area (Å²) in [7, 11) is 0. The van der Waals surface area contributed by atoms with Crippen LogP contribution in [0, 0.1) is 5.92 Å². The topological polar surface area (TPSA) is 177 Å². The third-order valence-corrected chi connectivity index (χ3v) is 6.40. The number of nitrogens with two attached hydrogens (primary N) is 2. The molecule has 4 atom stereocenters. The lowest BCUT2D eigenvalue weighted by Gasteiger charge is -2.25. The van der Waals surface area contributed by atoms with E-state index < -0.39 is 47.9 Å². The number of carbonyl (C=O) groups is 4. The van der Waals surface area contributed by atoms with Gasteiger partial charge in [0.1, 0.15) is 18.1 Å². The van der Waals surface area contributed by atoms with E-state index in [2.05, 4.69) is 16.0 Å². The molecule has 0 saturated carbocycles. The molecule has 0 saturated heterocycles. The Balaban J connectivity index is 5.36. The van der Waals surface area contributed by atoms with Crippen molar-refractivity contribution >= 4 is 47.2 Å². The minimum absolute atomic E-state index is 0.228. The van der Waals surface area contributed by atoms with E-state index >= 15 is 0 Å². The van der Waals surface area contributed by atoms with Crippen LogP contribution in [0.4, 0.5) is 0 Å². The first kappa shape index (κ1) is 32.5. The molecule has 0 bridgehead atoms. The molecule has 0 spiro atoms. The van der Waals surface area contributed by atoms with Crippen LogP contribution in [0.2, 0.25) is 0 Å². The minimum Gasteiger partial charge on any atom is -0.480 e. The van der Waals surface area contributed by atoms with Gasteiger partial charge in [0.2, 0.25) is 17.7 Å². The van der Waals surface area contributed by atoms with Gasteiger partial charge in [-0.15, -0.1) is 0 Å². The number of thioether (sulfide) groups is 2. The summed E-state index contributed by atoms with van der Waals surface area (Å²) in [6.07, 6.45) is 6.43. The monoisotopic (exact) mass is 521 g/mol. The number of carboxylic acid groups (broad SMARTS) is 1. The number of nitrogens with one attached hydrogen (secondary N) is 3. The van der Waals surface area contributed by atoms with Crippen molar-refractivity contribution in [2.75, 3.05) is 30.6 Å². The van der Waals surface area contributed by atoms with Gasteiger partial charge in [0.15, 0.2) is 0 Å². The molecule has 4 unspecified atom stereocenters. The zero-order valence-electron chi connectivity index (χ0n) is 20.8. The van der Waals surface area contributed by atoms with Gasteiger partial charge in [-0.3, -0.25) is 14.4 Å². The van der Waals surface area contributed by atoms with E-state index in [9.17, 15) is 24.3 Å². The lowest BCUT2D eigenvalue weighted by molar-refractivity contribution is -0.142. The summed E-state index contributed by atoms with van der Waals surface area (Å²) in [5.74, 6) is -1.16. The number of amides is 3. The molecule has 0 fully saturated rings. The third kappa shape index (κ3) is 14.0. The Morgan fingerprint density at radius 2 is 1.26 bits per heavy atom.